The molecular formula is C15H22N2O3. The summed E-state index contributed by atoms with van der Waals surface area (Å²) in [6.07, 6.45) is 3.78. The second kappa shape index (κ2) is 6.70. The summed E-state index contributed by atoms with van der Waals surface area (Å²) in [5.41, 5.74) is 1.65. The van der Waals surface area contributed by atoms with Crippen molar-refractivity contribution in [3.8, 4) is 5.88 Å². The maximum atomic E-state index is 11.3. The lowest BCUT2D eigenvalue weighted by Crippen LogP contribution is -2.33. The van der Waals surface area contributed by atoms with Gasteiger partial charge in [0, 0.05) is 12.2 Å². The highest BCUT2D eigenvalue weighted by atomic mass is 16.5. The van der Waals surface area contributed by atoms with E-state index in [9.17, 15) is 9.90 Å². The fourth-order valence-electron chi connectivity index (χ4n) is 2.62. The summed E-state index contributed by atoms with van der Waals surface area (Å²) >= 11 is 0. The molecule has 0 amide bonds. The number of aromatic nitrogens is 1. The second-order valence-corrected chi connectivity index (χ2v) is 5.32. The normalized spacial score (nSPS) is 16.1. The quantitative estimate of drug-likeness (QED) is 0.895. The smallest absolute Gasteiger partial charge is 0.341 e. The van der Waals surface area contributed by atoms with Gasteiger partial charge in [0.1, 0.15) is 12.2 Å². The van der Waals surface area contributed by atoms with Crippen LogP contribution in [-0.2, 0) is 0 Å². The van der Waals surface area contributed by atoms with Gasteiger partial charge in [-0.15, -0.1) is 0 Å². The monoisotopic (exact) mass is 278 g/mol. The lowest BCUT2D eigenvalue weighted by atomic mass is 10.1. The van der Waals surface area contributed by atoms with Crippen LogP contribution >= 0.6 is 0 Å². The molecule has 5 nitrogen and oxygen atoms in total. The third-order valence-corrected chi connectivity index (χ3v) is 3.62. The Kier molecular flexibility index (Phi) is 4.95. The number of hydrogen-bond donors (Lipinski definition) is 1. The van der Waals surface area contributed by atoms with Crippen LogP contribution in [0.4, 0.5) is 0 Å². The second-order valence-electron chi connectivity index (χ2n) is 5.32. The van der Waals surface area contributed by atoms with E-state index in [0.29, 0.717) is 12.2 Å². The van der Waals surface area contributed by atoms with Gasteiger partial charge in [0.15, 0.2) is 0 Å². The van der Waals surface area contributed by atoms with Crippen LogP contribution in [0.3, 0.4) is 0 Å². The summed E-state index contributed by atoms with van der Waals surface area (Å²) in [6, 6.07) is 1.76. The van der Waals surface area contributed by atoms with Gasteiger partial charge in [-0.1, -0.05) is 6.42 Å². The number of carboxylic acid groups (broad SMARTS) is 1. The number of rotatable bonds is 5. The summed E-state index contributed by atoms with van der Waals surface area (Å²) in [6.45, 7) is 7.14. The van der Waals surface area contributed by atoms with E-state index in [1.807, 2.05) is 6.92 Å². The molecule has 5 heteroatoms. The van der Waals surface area contributed by atoms with Crippen LogP contribution in [0.5, 0.6) is 5.88 Å². The highest BCUT2D eigenvalue weighted by Gasteiger charge is 2.17. The number of nitrogens with zero attached hydrogens (tertiary/aromatic N) is 2. The number of hydrogen-bond acceptors (Lipinski definition) is 4. The average molecular weight is 278 g/mol. The van der Waals surface area contributed by atoms with E-state index in [4.69, 9.17) is 4.74 Å². The molecule has 0 bridgehead atoms. The van der Waals surface area contributed by atoms with Crippen molar-refractivity contribution in [2.45, 2.75) is 33.1 Å². The van der Waals surface area contributed by atoms with Crippen molar-refractivity contribution < 1.29 is 14.6 Å². The minimum Gasteiger partial charge on any atom is -0.477 e. The molecule has 1 aromatic heterocycles. The van der Waals surface area contributed by atoms with Crippen LogP contribution in [0.25, 0.3) is 0 Å². The number of aryl methyl sites for hydroxylation is 2. The molecule has 110 valence electrons. The number of aromatic carboxylic acids is 1. The van der Waals surface area contributed by atoms with Crippen LogP contribution in [0, 0.1) is 13.8 Å². The fraction of sp³-hybridized carbons (Fsp3) is 0.600. The summed E-state index contributed by atoms with van der Waals surface area (Å²) < 4.78 is 5.63. The van der Waals surface area contributed by atoms with Gasteiger partial charge in [0.2, 0.25) is 5.88 Å². The van der Waals surface area contributed by atoms with Gasteiger partial charge in [-0.3, -0.25) is 4.90 Å². The Labute approximate surface area is 119 Å². The molecule has 1 fully saturated rings. The SMILES string of the molecule is Cc1cc(C)c(C(=O)O)c(OCCN2CCCCC2)n1. The Morgan fingerprint density at radius 2 is 2.05 bits per heavy atom. The van der Waals surface area contributed by atoms with Crippen LogP contribution in [0.1, 0.15) is 40.9 Å². The zero-order chi connectivity index (χ0) is 14.5. The number of ether oxygens (including phenoxy) is 1. The predicted molar refractivity (Wildman–Crippen MR) is 76.5 cm³/mol. The third kappa shape index (κ3) is 3.70. The number of piperidine rings is 1. The molecule has 0 unspecified atom stereocenters. The van der Waals surface area contributed by atoms with Gasteiger partial charge < -0.3 is 9.84 Å². The zero-order valence-electron chi connectivity index (χ0n) is 12.2. The van der Waals surface area contributed by atoms with Crippen molar-refractivity contribution in [2.24, 2.45) is 0 Å². The highest BCUT2D eigenvalue weighted by Crippen LogP contribution is 2.21. The summed E-state index contributed by atoms with van der Waals surface area (Å²) in [7, 11) is 0. The molecule has 0 saturated carbocycles. The van der Waals surface area contributed by atoms with Gasteiger partial charge in [-0.25, -0.2) is 9.78 Å². The average Bonchev–Trinajstić information content (AvgIpc) is 2.38. The first-order valence-corrected chi connectivity index (χ1v) is 7.14. The Hall–Kier alpha value is -1.62. The molecule has 20 heavy (non-hydrogen) atoms. The van der Waals surface area contributed by atoms with Crippen LogP contribution in [0.15, 0.2) is 6.07 Å². The molecule has 2 rings (SSSR count). The molecule has 1 aromatic rings. The topological polar surface area (TPSA) is 62.7 Å². The van der Waals surface area contributed by atoms with E-state index in [2.05, 4.69) is 9.88 Å². The summed E-state index contributed by atoms with van der Waals surface area (Å²) in [5.74, 6) is -0.741. The van der Waals surface area contributed by atoms with E-state index in [1.165, 1.54) is 19.3 Å². The van der Waals surface area contributed by atoms with E-state index < -0.39 is 5.97 Å². The van der Waals surface area contributed by atoms with E-state index in [1.54, 1.807) is 13.0 Å². The lowest BCUT2D eigenvalue weighted by Gasteiger charge is -2.26. The van der Waals surface area contributed by atoms with Crippen molar-refractivity contribution in [3.63, 3.8) is 0 Å². The largest absolute Gasteiger partial charge is 0.477 e. The third-order valence-electron chi connectivity index (χ3n) is 3.62. The van der Waals surface area contributed by atoms with E-state index in [-0.39, 0.29) is 11.4 Å². The molecule has 2 heterocycles. The predicted octanol–water partition coefficient (Wildman–Crippen LogP) is 2.26. The van der Waals surface area contributed by atoms with E-state index in [0.717, 1.165) is 25.3 Å². The molecule has 0 radical (unpaired) electrons. The highest BCUT2D eigenvalue weighted by molar-refractivity contribution is 5.91. The fourth-order valence-corrected chi connectivity index (χ4v) is 2.62. The Morgan fingerprint density at radius 1 is 1.35 bits per heavy atom. The molecule has 1 saturated heterocycles. The molecule has 0 aromatic carbocycles. The molecule has 1 aliphatic rings. The van der Waals surface area contributed by atoms with Gasteiger partial charge in [0.05, 0.1) is 0 Å². The minimum absolute atomic E-state index is 0.175. The molecule has 0 atom stereocenters. The van der Waals surface area contributed by atoms with Crippen molar-refractivity contribution in [2.75, 3.05) is 26.2 Å². The van der Waals surface area contributed by atoms with Crippen LogP contribution < -0.4 is 4.74 Å². The molecule has 0 aliphatic carbocycles. The Bertz CT molecular complexity index is 482. The molecular weight excluding hydrogens is 256 g/mol. The maximum Gasteiger partial charge on any atom is 0.341 e. The van der Waals surface area contributed by atoms with Gasteiger partial charge in [-0.05, 0) is 51.4 Å². The van der Waals surface area contributed by atoms with E-state index >= 15 is 0 Å². The summed E-state index contributed by atoms with van der Waals surface area (Å²) in [5, 5.41) is 9.26. The number of carboxylic acids is 1. The first-order valence-electron chi connectivity index (χ1n) is 7.14. The first kappa shape index (κ1) is 14.8. The van der Waals surface area contributed by atoms with Crippen LogP contribution in [-0.4, -0.2) is 47.2 Å². The van der Waals surface area contributed by atoms with Crippen molar-refractivity contribution in [3.05, 3.63) is 22.9 Å². The Balaban J connectivity index is 1.99. The van der Waals surface area contributed by atoms with Crippen LogP contribution in [0.2, 0.25) is 0 Å². The Morgan fingerprint density at radius 3 is 2.70 bits per heavy atom. The molecule has 0 spiro atoms. The van der Waals surface area contributed by atoms with Gasteiger partial charge in [0.25, 0.3) is 0 Å². The standard InChI is InChI=1S/C15H22N2O3/c1-11-10-12(2)16-14(13(11)15(18)19)20-9-8-17-6-4-3-5-7-17/h10H,3-9H2,1-2H3,(H,18,19). The lowest BCUT2D eigenvalue weighted by molar-refractivity contribution is 0.0689. The zero-order valence-corrected chi connectivity index (χ0v) is 12.2. The first-order chi connectivity index (χ1) is 9.58. The van der Waals surface area contributed by atoms with Crippen molar-refractivity contribution in [1.29, 1.82) is 0 Å². The molecule has 1 N–H and O–H groups in total. The van der Waals surface area contributed by atoms with Crippen molar-refractivity contribution in [1.82, 2.24) is 9.88 Å². The van der Waals surface area contributed by atoms with Gasteiger partial charge in [-0.2, -0.15) is 0 Å². The molecule has 1 aliphatic heterocycles. The number of pyridine rings is 1. The van der Waals surface area contributed by atoms with Gasteiger partial charge >= 0.3 is 5.97 Å². The maximum absolute atomic E-state index is 11.3. The number of carbonyl (C=O) groups is 1. The summed E-state index contributed by atoms with van der Waals surface area (Å²) in [4.78, 5) is 17.9. The number of likely N-dealkylation sites (tertiary alicyclic amines) is 1. The minimum atomic E-state index is -0.983. The van der Waals surface area contributed by atoms with Crippen molar-refractivity contribution >= 4 is 5.97 Å².